The second kappa shape index (κ2) is 7.19. The van der Waals surface area contributed by atoms with Crippen LogP contribution in [-0.4, -0.2) is 27.8 Å². The molecule has 0 spiro atoms. The summed E-state index contributed by atoms with van der Waals surface area (Å²) in [5, 5.41) is 2.51. The van der Waals surface area contributed by atoms with E-state index in [-0.39, 0.29) is 11.5 Å². The molecular formula is C17H16N2O3S2. The Morgan fingerprint density at radius 1 is 1.38 bits per heavy atom. The van der Waals surface area contributed by atoms with Crippen molar-refractivity contribution in [1.29, 1.82) is 0 Å². The molecule has 24 heavy (non-hydrogen) atoms. The van der Waals surface area contributed by atoms with Crippen LogP contribution in [0.25, 0.3) is 21.3 Å². The maximum atomic E-state index is 12.5. The van der Waals surface area contributed by atoms with Crippen LogP contribution < -0.4 is 5.56 Å². The number of carbonyl (C=O) groups is 1. The average Bonchev–Trinajstić information content (AvgIpc) is 3.00. The Morgan fingerprint density at radius 3 is 2.83 bits per heavy atom. The number of H-pyrrole nitrogens is 1. The molecule has 5 nitrogen and oxygen atoms in total. The summed E-state index contributed by atoms with van der Waals surface area (Å²) in [6.07, 6.45) is 0. The van der Waals surface area contributed by atoms with Crippen molar-refractivity contribution < 1.29 is 9.53 Å². The molecule has 1 atom stereocenters. The lowest BCUT2D eigenvalue weighted by atomic mass is 10.1. The van der Waals surface area contributed by atoms with Gasteiger partial charge in [-0.3, -0.25) is 9.59 Å². The van der Waals surface area contributed by atoms with Crippen molar-refractivity contribution in [2.24, 2.45) is 0 Å². The second-order valence-electron chi connectivity index (χ2n) is 5.08. The number of fused-ring (bicyclic) bond motifs is 1. The molecule has 3 rings (SSSR count). The van der Waals surface area contributed by atoms with Gasteiger partial charge >= 0.3 is 5.97 Å². The van der Waals surface area contributed by atoms with Crippen LogP contribution in [0, 0.1) is 0 Å². The fraction of sp³-hybridized carbons (Fsp3) is 0.235. The molecule has 0 aliphatic heterocycles. The summed E-state index contributed by atoms with van der Waals surface area (Å²) >= 11 is 2.61. The maximum absolute atomic E-state index is 12.5. The number of aromatic nitrogens is 2. The Balaban J connectivity index is 1.95. The average molecular weight is 360 g/mol. The molecule has 1 N–H and O–H groups in total. The molecule has 1 unspecified atom stereocenters. The van der Waals surface area contributed by atoms with E-state index in [9.17, 15) is 9.59 Å². The van der Waals surface area contributed by atoms with E-state index in [0.717, 1.165) is 11.1 Å². The van der Waals surface area contributed by atoms with Crippen LogP contribution in [-0.2, 0) is 9.53 Å². The zero-order valence-electron chi connectivity index (χ0n) is 13.2. The Labute approximate surface area is 147 Å². The number of benzene rings is 1. The number of ether oxygens (including phenoxy) is 1. The number of carbonyl (C=O) groups excluding carboxylic acids is 1. The zero-order valence-corrected chi connectivity index (χ0v) is 14.9. The minimum Gasteiger partial charge on any atom is -0.465 e. The van der Waals surface area contributed by atoms with Gasteiger partial charge in [0.05, 0.1) is 12.0 Å². The summed E-state index contributed by atoms with van der Waals surface area (Å²) in [5.74, 6) is -0.318. The van der Waals surface area contributed by atoms with Gasteiger partial charge in [-0.2, -0.15) is 0 Å². The molecule has 2 aromatic heterocycles. The quantitative estimate of drug-likeness (QED) is 0.427. The SMILES string of the molecule is CCOC(=O)C(C)Sc1nc2scc(-c3ccccc3)c2c(=O)[nH]1. The molecule has 0 aliphatic rings. The number of hydrogen-bond donors (Lipinski definition) is 1. The molecule has 0 aliphatic carbocycles. The van der Waals surface area contributed by atoms with Crippen molar-refractivity contribution in [2.45, 2.75) is 24.3 Å². The van der Waals surface area contributed by atoms with Gasteiger partial charge in [0.2, 0.25) is 0 Å². The van der Waals surface area contributed by atoms with Gasteiger partial charge in [0.15, 0.2) is 5.16 Å². The van der Waals surface area contributed by atoms with Crippen LogP contribution in [0.5, 0.6) is 0 Å². The van der Waals surface area contributed by atoms with Crippen LogP contribution in [0.15, 0.2) is 45.7 Å². The molecular weight excluding hydrogens is 344 g/mol. The van der Waals surface area contributed by atoms with Gasteiger partial charge in [0.25, 0.3) is 5.56 Å². The molecule has 0 saturated heterocycles. The van der Waals surface area contributed by atoms with Gasteiger partial charge < -0.3 is 9.72 Å². The first-order valence-corrected chi connectivity index (χ1v) is 9.26. The zero-order chi connectivity index (χ0) is 17.1. The lowest BCUT2D eigenvalue weighted by Gasteiger charge is -2.09. The predicted octanol–water partition coefficient (Wildman–Crippen LogP) is 3.70. The summed E-state index contributed by atoms with van der Waals surface area (Å²) in [7, 11) is 0. The standard InChI is InChI=1S/C17H16N2O3S2/c1-3-22-16(21)10(2)24-17-18-14(20)13-12(9-23-15(13)19-17)11-7-5-4-6-8-11/h4-10H,3H2,1-2H3,(H,18,19,20). The van der Waals surface area contributed by atoms with E-state index < -0.39 is 5.25 Å². The Bertz CT molecular complexity index is 918. The topological polar surface area (TPSA) is 72.0 Å². The van der Waals surface area contributed by atoms with Gasteiger partial charge in [-0.1, -0.05) is 42.1 Å². The number of thiophene rings is 1. The highest BCUT2D eigenvalue weighted by atomic mass is 32.2. The first-order chi connectivity index (χ1) is 11.6. The highest BCUT2D eigenvalue weighted by molar-refractivity contribution is 8.00. The minimum atomic E-state index is -0.431. The van der Waals surface area contributed by atoms with Crippen LogP contribution in [0.3, 0.4) is 0 Å². The van der Waals surface area contributed by atoms with Crippen molar-refractivity contribution in [2.75, 3.05) is 6.61 Å². The normalized spacial score (nSPS) is 12.2. The summed E-state index contributed by atoms with van der Waals surface area (Å²) in [6, 6.07) is 9.74. The highest BCUT2D eigenvalue weighted by Crippen LogP contribution is 2.31. The largest absolute Gasteiger partial charge is 0.465 e. The smallest absolute Gasteiger partial charge is 0.319 e. The van der Waals surface area contributed by atoms with Crippen molar-refractivity contribution in [3.8, 4) is 11.1 Å². The van der Waals surface area contributed by atoms with Gasteiger partial charge in [-0.25, -0.2) is 4.98 Å². The predicted molar refractivity (Wildman–Crippen MR) is 97.6 cm³/mol. The number of nitrogens with zero attached hydrogens (tertiary/aromatic N) is 1. The number of nitrogens with one attached hydrogen (secondary N) is 1. The minimum absolute atomic E-state index is 0.196. The molecule has 2 heterocycles. The number of thioether (sulfide) groups is 1. The van der Waals surface area contributed by atoms with Crippen molar-refractivity contribution in [3.63, 3.8) is 0 Å². The van der Waals surface area contributed by atoms with E-state index in [2.05, 4.69) is 9.97 Å². The summed E-state index contributed by atoms with van der Waals surface area (Å²) < 4.78 is 4.98. The van der Waals surface area contributed by atoms with E-state index in [1.54, 1.807) is 13.8 Å². The molecule has 0 fully saturated rings. The molecule has 3 aromatic rings. The molecule has 7 heteroatoms. The lowest BCUT2D eigenvalue weighted by Crippen LogP contribution is -2.18. The van der Waals surface area contributed by atoms with Crippen molar-refractivity contribution in [3.05, 3.63) is 46.1 Å². The van der Waals surface area contributed by atoms with Crippen molar-refractivity contribution in [1.82, 2.24) is 9.97 Å². The number of esters is 1. The first kappa shape index (κ1) is 16.7. The van der Waals surface area contributed by atoms with Crippen LogP contribution in [0.4, 0.5) is 0 Å². The third-order valence-electron chi connectivity index (χ3n) is 3.41. The van der Waals surface area contributed by atoms with E-state index in [1.165, 1.54) is 23.1 Å². The molecule has 124 valence electrons. The Kier molecular flexibility index (Phi) is 5.01. The second-order valence-corrected chi connectivity index (χ2v) is 7.27. The lowest BCUT2D eigenvalue weighted by molar-refractivity contribution is -0.142. The van der Waals surface area contributed by atoms with Gasteiger partial charge in [-0.05, 0) is 19.4 Å². The number of hydrogen-bond acceptors (Lipinski definition) is 6. The Hall–Kier alpha value is -2.12. The van der Waals surface area contributed by atoms with E-state index in [4.69, 9.17) is 4.74 Å². The van der Waals surface area contributed by atoms with Gasteiger partial charge in [-0.15, -0.1) is 11.3 Å². The fourth-order valence-corrected chi connectivity index (χ4v) is 4.09. The van der Waals surface area contributed by atoms with Gasteiger partial charge in [0.1, 0.15) is 10.1 Å². The molecule has 0 radical (unpaired) electrons. The van der Waals surface area contributed by atoms with E-state index in [0.29, 0.717) is 22.0 Å². The summed E-state index contributed by atoms with van der Waals surface area (Å²) in [4.78, 5) is 32.2. The fourth-order valence-electron chi connectivity index (χ4n) is 2.29. The summed E-state index contributed by atoms with van der Waals surface area (Å²) in [6.45, 7) is 3.83. The van der Waals surface area contributed by atoms with Gasteiger partial charge in [0, 0.05) is 10.9 Å². The summed E-state index contributed by atoms with van der Waals surface area (Å²) in [5.41, 5.74) is 1.66. The van der Waals surface area contributed by atoms with Crippen LogP contribution in [0.1, 0.15) is 13.8 Å². The maximum Gasteiger partial charge on any atom is 0.319 e. The van der Waals surface area contributed by atoms with Crippen molar-refractivity contribution >= 4 is 39.3 Å². The van der Waals surface area contributed by atoms with E-state index >= 15 is 0 Å². The monoisotopic (exact) mass is 360 g/mol. The third-order valence-corrected chi connectivity index (χ3v) is 5.25. The molecule has 0 amide bonds. The number of aromatic amines is 1. The molecule has 0 saturated carbocycles. The molecule has 1 aromatic carbocycles. The number of rotatable bonds is 5. The molecule has 0 bridgehead atoms. The first-order valence-electron chi connectivity index (χ1n) is 7.50. The highest BCUT2D eigenvalue weighted by Gasteiger charge is 2.19. The van der Waals surface area contributed by atoms with E-state index in [1.807, 2.05) is 35.7 Å². The third kappa shape index (κ3) is 3.37. The van der Waals surface area contributed by atoms with Crippen LogP contribution in [0.2, 0.25) is 0 Å². The Morgan fingerprint density at radius 2 is 2.12 bits per heavy atom. The van der Waals surface area contributed by atoms with Crippen LogP contribution >= 0.6 is 23.1 Å².